The average molecular weight is 319 g/mol. The lowest BCUT2D eigenvalue weighted by atomic mass is 10.3. The van der Waals surface area contributed by atoms with Gasteiger partial charge in [0, 0.05) is 7.05 Å². The number of carboxylic acid groups (broad SMARTS) is 1. The van der Waals surface area contributed by atoms with Gasteiger partial charge in [-0.15, -0.1) is 0 Å². The van der Waals surface area contributed by atoms with Crippen LogP contribution in [0.2, 0.25) is 0 Å². The molecule has 0 atom stereocenters. The van der Waals surface area contributed by atoms with E-state index in [0.29, 0.717) is 18.0 Å². The highest BCUT2D eigenvalue weighted by Crippen LogP contribution is 2.25. The maximum Gasteiger partial charge on any atom is 0.371 e. The second-order valence-electron chi connectivity index (χ2n) is 4.70. The summed E-state index contributed by atoms with van der Waals surface area (Å²) >= 11 is 0. The van der Waals surface area contributed by atoms with Gasteiger partial charge in [-0.1, -0.05) is 12.1 Å². The fraction of sp³-hybridized carbons (Fsp3) is 0.250. The number of furan rings is 1. The third-order valence-corrected chi connectivity index (χ3v) is 3.13. The number of para-hydroxylation sites is 2. The summed E-state index contributed by atoms with van der Waals surface area (Å²) in [5.41, 5.74) is 0. The molecule has 1 N–H and O–H groups in total. The molecule has 0 aliphatic heterocycles. The Labute approximate surface area is 133 Å². The van der Waals surface area contributed by atoms with E-state index in [-0.39, 0.29) is 18.1 Å². The molecule has 7 heteroatoms. The first kappa shape index (κ1) is 16.4. The third kappa shape index (κ3) is 4.03. The maximum absolute atomic E-state index is 12.1. The first-order valence-corrected chi connectivity index (χ1v) is 6.87. The summed E-state index contributed by atoms with van der Waals surface area (Å²) in [4.78, 5) is 24.2. The van der Waals surface area contributed by atoms with Crippen molar-refractivity contribution in [1.82, 2.24) is 4.90 Å². The minimum absolute atomic E-state index is 0.0257. The Morgan fingerprint density at radius 2 is 1.78 bits per heavy atom. The largest absolute Gasteiger partial charge is 0.493 e. The van der Waals surface area contributed by atoms with E-state index in [1.54, 1.807) is 26.3 Å². The first-order valence-electron chi connectivity index (χ1n) is 6.87. The van der Waals surface area contributed by atoms with Crippen molar-refractivity contribution in [3.05, 3.63) is 47.9 Å². The van der Waals surface area contributed by atoms with Crippen LogP contribution in [0.1, 0.15) is 21.1 Å². The molecule has 1 aromatic heterocycles. The van der Waals surface area contributed by atoms with Crippen LogP contribution in [0.25, 0.3) is 0 Å². The van der Waals surface area contributed by atoms with E-state index in [0.717, 1.165) is 0 Å². The van der Waals surface area contributed by atoms with E-state index in [1.165, 1.54) is 17.0 Å². The Bertz CT molecular complexity index is 693. The van der Waals surface area contributed by atoms with Gasteiger partial charge in [0.1, 0.15) is 6.61 Å². The zero-order chi connectivity index (χ0) is 16.8. The minimum atomic E-state index is -1.22. The number of ether oxygens (including phenoxy) is 2. The van der Waals surface area contributed by atoms with Crippen LogP contribution >= 0.6 is 0 Å². The van der Waals surface area contributed by atoms with Crippen molar-refractivity contribution in [2.75, 3.05) is 27.3 Å². The van der Waals surface area contributed by atoms with Crippen molar-refractivity contribution in [3.63, 3.8) is 0 Å². The summed E-state index contributed by atoms with van der Waals surface area (Å²) in [6.07, 6.45) is 0. The number of hydrogen-bond acceptors (Lipinski definition) is 5. The third-order valence-electron chi connectivity index (χ3n) is 3.13. The van der Waals surface area contributed by atoms with Crippen molar-refractivity contribution in [1.29, 1.82) is 0 Å². The fourth-order valence-corrected chi connectivity index (χ4v) is 1.89. The number of hydrogen-bond donors (Lipinski definition) is 1. The van der Waals surface area contributed by atoms with E-state index in [1.807, 2.05) is 12.1 Å². The Kier molecular flexibility index (Phi) is 5.24. The zero-order valence-corrected chi connectivity index (χ0v) is 12.8. The molecule has 0 spiro atoms. The number of benzene rings is 1. The zero-order valence-electron chi connectivity index (χ0n) is 12.8. The molecule has 0 radical (unpaired) electrons. The predicted octanol–water partition coefficient (Wildman–Crippen LogP) is 2.14. The summed E-state index contributed by atoms with van der Waals surface area (Å²) < 4.78 is 15.7. The van der Waals surface area contributed by atoms with Crippen LogP contribution < -0.4 is 9.47 Å². The van der Waals surface area contributed by atoms with Gasteiger partial charge >= 0.3 is 5.97 Å². The molecule has 0 fully saturated rings. The van der Waals surface area contributed by atoms with E-state index >= 15 is 0 Å². The molecule has 2 aromatic rings. The fourth-order valence-electron chi connectivity index (χ4n) is 1.89. The molecule has 1 aromatic carbocycles. The second kappa shape index (κ2) is 7.35. The van der Waals surface area contributed by atoms with Crippen LogP contribution in [0.5, 0.6) is 11.5 Å². The molecule has 1 amide bonds. The SMILES string of the molecule is COc1ccccc1OCCN(C)C(=O)c1ccc(C(=O)O)o1. The van der Waals surface area contributed by atoms with Crippen LogP contribution in [0, 0.1) is 0 Å². The Hall–Kier alpha value is -2.96. The quantitative estimate of drug-likeness (QED) is 0.841. The minimum Gasteiger partial charge on any atom is -0.493 e. The molecule has 122 valence electrons. The number of aromatic carboxylic acids is 1. The number of carbonyl (C=O) groups excluding carboxylic acids is 1. The molecule has 0 saturated heterocycles. The Morgan fingerprint density at radius 1 is 1.13 bits per heavy atom. The lowest BCUT2D eigenvalue weighted by molar-refractivity contribution is 0.0651. The van der Waals surface area contributed by atoms with Crippen LogP contribution in [-0.4, -0.2) is 49.2 Å². The van der Waals surface area contributed by atoms with Crippen molar-refractivity contribution >= 4 is 11.9 Å². The average Bonchev–Trinajstić information content (AvgIpc) is 3.04. The highest BCUT2D eigenvalue weighted by Gasteiger charge is 2.18. The first-order chi connectivity index (χ1) is 11.0. The molecule has 7 nitrogen and oxygen atoms in total. The van der Waals surface area contributed by atoms with Crippen LogP contribution in [0.4, 0.5) is 0 Å². The molecule has 1 heterocycles. The van der Waals surface area contributed by atoms with Crippen molar-refractivity contribution < 1.29 is 28.6 Å². The van der Waals surface area contributed by atoms with Gasteiger partial charge in [0.2, 0.25) is 5.76 Å². The molecule has 0 aliphatic carbocycles. The van der Waals surface area contributed by atoms with Gasteiger partial charge in [0.05, 0.1) is 13.7 Å². The number of methoxy groups -OCH3 is 1. The van der Waals surface area contributed by atoms with E-state index in [4.69, 9.17) is 19.0 Å². The number of amides is 1. The van der Waals surface area contributed by atoms with Crippen molar-refractivity contribution in [2.45, 2.75) is 0 Å². The Balaban J connectivity index is 1.90. The molecule has 0 unspecified atom stereocenters. The van der Waals surface area contributed by atoms with E-state index in [2.05, 4.69) is 0 Å². The summed E-state index contributed by atoms with van der Waals surface area (Å²) in [5, 5.41) is 8.78. The normalized spacial score (nSPS) is 10.2. The molecule has 0 aliphatic rings. The summed E-state index contributed by atoms with van der Waals surface area (Å²) in [6.45, 7) is 0.565. The lowest BCUT2D eigenvalue weighted by Crippen LogP contribution is -2.30. The second-order valence-corrected chi connectivity index (χ2v) is 4.70. The van der Waals surface area contributed by atoms with Crippen LogP contribution in [0.15, 0.2) is 40.8 Å². The predicted molar refractivity (Wildman–Crippen MR) is 81.1 cm³/mol. The Morgan fingerprint density at radius 3 is 2.39 bits per heavy atom. The molecule has 23 heavy (non-hydrogen) atoms. The lowest BCUT2D eigenvalue weighted by Gasteiger charge is -2.17. The van der Waals surface area contributed by atoms with Gasteiger partial charge in [0.25, 0.3) is 5.91 Å². The van der Waals surface area contributed by atoms with Gasteiger partial charge in [-0.3, -0.25) is 4.79 Å². The number of nitrogens with zero attached hydrogens (tertiary/aromatic N) is 1. The van der Waals surface area contributed by atoms with Crippen LogP contribution in [0.3, 0.4) is 0 Å². The van der Waals surface area contributed by atoms with Crippen molar-refractivity contribution in [2.24, 2.45) is 0 Å². The highest BCUT2D eigenvalue weighted by molar-refractivity contribution is 5.93. The summed E-state index contributed by atoms with van der Waals surface area (Å²) in [6, 6.07) is 9.78. The number of rotatable bonds is 7. The van der Waals surface area contributed by atoms with Gasteiger partial charge in [-0.2, -0.15) is 0 Å². The van der Waals surface area contributed by atoms with Gasteiger partial charge < -0.3 is 23.9 Å². The van der Waals surface area contributed by atoms with E-state index in [9.17, 15) is 9.59 Å². The van der Waals surface area contributed by atoms with Gasteiger partial charge in [-0.05, 0) is 24.3 Å². The van der Waals surface area contributed by atoms with Crippen LogP contribution in [-0.2, 0) is 0 Å². The number of carboxylic acids is 1. The topological polar surface area (TPSA) is 89.2 Å². The summed E-state index contributed by atoms with van der Waals surface area (Å²) in [7, 11) is 3.13. The van der Waals surface area contributed by atoms with Gasteiger partial charge in [-0.25, -0.2) is 4.79 Å². The monoisotopic (exact) mass is 319 g/mol. The molecular weight excluding hydrogens is 302 g/mol. The summed E-state index contributed by atoms with van der Waals surface area (Å²) in [5.74, 6) is -0.734. The maximum atomic E-state index is 12.1. The molecular formula is C16H17NO6. The smallest absolute Gasteiger partial charge is 0.371 e. The highest BCUT2D eigenvalue weighted by atomic mass is 16.5. The molecule has 2 rings (SSSR count). The number of likely N-dealkylation sites (N-methyl/N-ethyl adjacent to an activating group) is 1. The standard InChI is InChI=1S/C16H17NO6/c1-17(15(18)13-7-8-14(23-13)16(19)20)9-10-22-12-6-4-3-5-11(12)21-2/h3-8H,9-10H2,1-2H3,(H,19,20). The van der Waals surface area contributed by atoms with Crippen molar-refractivity contribution in [3.8, 4) is 11.5 Å². The molecule has 0 bridgehead atoms. The van der Waals surface area contributed by atoms with Gasteiger partial charge in [0.15, 0.2) is 17.3 Å². The number of carbonyl (C=O) groups is 2. The molecule has 0 saturated carbocycles. The van der Waals surface area contributed by atoms with E-state index < -0.39 is 11.9 Å².